The van der Waals surface area contributed by atoms with E-state index in [4.69, 9.17) is 11.6 Å². The summed E-state index contributed by atoms with van der Waals surface area (Å²) < 4.78 is 0. The van der Waals surface area contributed by atoms with Crippen LogP contribution in [0.4, 0.5) is 5.13 Å². The Kier molecular flexibility index (Phi) is 4.79. The number of nitrogens with zero attached hydrogens (tertiary/aromatic N) is 2. The highest BCUT2D eigenvalue weighted by Crippen LogP contribution is 2.31. The van der Waals surface area contributed by atoms with Gasteiger partial charge in [0.25, 0.3) is 0 Å². The zero-order valence-electron chi connectivity index (χ0n) is 12.6. The SMILES string of the molecule is CN(C(=O)C1CCCCC1)c1nc(-c2ccc(Cl)cc2)cs1. The fourth-order valence-corrected chi connectivity index (χ4v) is 3.82. The number of hydrogen-bond acceptors (Lipinski definition) is 3. The molecule has 0 unspecified atom stereocenters. The van der Waals surface area contributed by atoms with Crippen molar-refractivity contribution in [1.29, 1.82) is 0 Å². The molecule has 5 heteroatoms. The van der Waals surface area contributed by atoms with Crippen LogP contribution in [0.15, 0.2) is 29.6 Å². The maximum absolute atomic E-state index is 12.6. The molecule has 2 aromatic rings. The van der Waals surface area contributed by atoms with Gasteiger partial charge in [-0.05, 0) is 25.0 Å². The van der Waals surface area contributed by atoms with Crippen LogP contribution in [-0.2, 0) is 4.79 Å². The van der Waals surface area contributed by atoms with Gasteiger partial charge in [0.15, 0.2) is 5.13 Å². The lowest BCUT2D eigenvalue weighted by molar-refractivity contribution is -0.123. The van der Waals surface area contributed by atoms with Gasteiger partial charge in [-0.25, -0.2) is 4.98 Å². The lowest BCUT2D eigenvalue weighted by Gasteiger charge is -2.24. The first-order chi connectivity index (χ1) is 10.6. The Hall–Kier alpha value is -1.39. The number of carbonyl (C=O) groups is 1. The second-order valence-corrected chi connectivity index (χ2v) is 7.03. The van der Waals surface area contributed by atoms with Crippen LogP contribution in [-0.4, -0.2) is 17.9 Å². The van der Waals surface area contributed by atoms with E-state index >= 15 is 0 Å². The van der Waals surface area contributed by atoms with Gasteiger partial charge in [0, 0.05) is 28.9 Å². The zero-order chi connectivity index (χ0) is 15.5. The van der Waals surface area contributed by atoms with Crippen LogP contribution in [0, 0.1) is 5.92 Å². The Morgan fingerprint density at radius 1 is 1.23 bits per heavy atom. The van der Waals surface area contributed by atoms with Crippen molar-refractivity contribution in [2.45, 2.75) is 32.1 Å². The summed E-state index contributed by atoms with van der Waals surface area (Å²) >= 11 is 7.42. The van der Waals surface area contributed by atoms with Crippen LogP contribution in [0.25, 0.3) is 11.3 Å². The van der Waals surface area contributed by atoms with E-state index in [1.165, 1.54) is 17.8 Å². The van der Waals surface area contributed by atoms with Crippen molar-refractivity contribution >= 4 is 34.0 Å². The van der Waals surface area contributed by atoms with Crippen molar-refractivity contribution in [2.75, 3.05) is 11.9 Å². The molecule has 1 aromatic carbocycles. The van der Waals surface area contributed by atoms with Gasteiger partial charge in [0.2, 0.25) is 5.91 Å². The zero-order valence-corrected chi connectivity index (χ0v) is 14.2. The molecule has 1 aliphatic rings. The Bertz CT molecular complexity index is 647. The van der Waals surface area contributed by atoms with Gasteiger partial charge in [-0.2, -0.15) is 0 Å². The molecule has 1 heterocycles. The predicted octanol–water partition coefficient (Wildman–Crippen LogP) is 5.01. The molecule has 1 aliphatic carbocycles. The summed E-state index contributed by atoms with van der Waals surface area (Å²) in [6.07, 6.45) is 5.61. The summed E-state index contributed by atoms with van der Waals surface area (Å²) in [5.41, 5.74) is 1.91. The van der Waals surface area contributed by atoms with Crippen LogP contribution in [0.5, 0.6) is 0 Å². The summed E-state index contributed by atoms with van der Waals surface area (Å²) in [7, 11) is 1.83. The van der Waals surface area contributed by atoms with Crippen molar-refractivity contribution in [1.82, 2.24) is 4.98 Å². The molecular weight excluding hydrogens is 316 g/mol. The van der Waals surface area contributed by atoms with Gasteiger partial charge in [-0.15, -0.1) is 11.3 Å². The van der Waals surface area contributed by atoms with E-state index < -0.39 is 0 Å². The molecule has 0 spiro atoms. The van der Waals surface area contributed by atoms with Gasteiger partial charge in [-0.1, -0.05) is 43.0 Å². The molecule has 0 atom stereocenters. The van der Waals surface area contributed by atoms with Crippen molar-refractivity contribution in [3.63, 3.8) is 0 Å². The second-order valence-electron chi connectivity index (χ2n) is 5.75. The van der Waals surface area contributed by atoms with Gasteiger partial charge in [0.05, 0.1) is 5.69 Å². The highest BCUT2D eigenvalue weighted by molar-refractivity contribution is 7.14. The van der Waals surface area contributed by atoms with Crippen molar-refractivity contribution in [3.8, 4) is 11.3 Å². The molecule has 1 saturated carbocycles. The minimum absolute atomic E-state index is 0.168. The fraction of sp³-hybridized carbons (Fsp3) is 0.412. The lowest BCUT2D eigenvalue weighted by Crippen LogP contribution is -2.33. The van der Waals surface area contributed by atoms with Crippen LogP contribution in [0.1, 0.15) is 32.1 Å². The Labute approximate surface area is 139 Å². The fourth-order valence-electron chi connectivity index (χ4n) is 2.89. The molecule has 0 N–H and O–H groups in total. The summed E-state index contributed by atoms with van der Waals surface area (Å²) in [5, 5.41) is 3.47. The third kappa shape index (κ3) is 3.33. The summed E-state index contributed by atoms with van der Waals surface area (Å²) in [6.45, 7) is 0. The average Bonchev–Trinajstić information content (AvgIpc) is 3.05. The molecule has 0 radical (unpaired) electrons. The van der Waals surface area contributed by atoms with E-state index in [0.717, 1.165) is 42.1 Å². The number of halogens is 1. The molecule has 1 fully saturated rings. The Balaban J connectivity index is 1.74. The molecule has 3 rings (SSSR count). The van der Waals surface area contributed by atoms with E-state index in [9.17, 15) is 4.79 Å². The maximum Gasteiger partial charge on any atom is 0.231 e. The van der Waals surface area contributed by atoms with Crippen LogP contribution >= 0.6 is 22.9 Å². The number of benzene rings is 1. The number of carbonyl (C=O) groups excluding carboxylic acids is 1. The van der Waals surface area contributed by atoms with E-state index in [2.05, 4.69) is 4.98 Å². The van der Waals surface area contributed by atoms with Crippen LogP contribution in [0.2, 0.25) is 5.02 Å². The molecule has 0 bridgehead atoms. The van der Waals surface area contributed by atoms with Crippen LogP contribution in [0.3, 0.4) is 0 Å². The number of anilines is 1. The van der Waals surface area contributed by atoms with E-state index in [0.29, 0.717) is 5.02 Å². The Morgan fingerprint density at radius 3 is 2.59 bits per heavy atom. The summed E-state index contributed by atoms with van der Waals surface area (Å²) in [4.78, 5) is 18.9. The molecule has 22 heavy (non-hydrogen) atoms. The highest BCUT2D eigenvalue weighted by atomic mass is 35.5. The third-order valence-corrected chi connectivity index (χ3v) is 5.37. The van der Waals surface area contributed by atoms with E-state index in [1.54, 1.807) is 4.90 Å². The van der Waals surface area contributed by atoms with Gasteiger partial charge >= 0.3 is 0 Å². The first kappa shape index (κ1) is 15.5. The molecule has 1 aromatic heterocycles. The van der Waals surface area contributed by atoms with Gasteiger partial charge < -0.3 is 0 Å². The number of thiazole rings is 1. The minimum atomic E-state index is 0.168. The third-order valence-electron chi connectivity index (χ3n) is 4.20. The van der Waals surface area contributed by atoms with Gasteiger partial charge in [0.1, 0.15) is 0 Å². The topological polar surface area (TPSA) is 33.2 Å². The normalized spacial score (nSPS) is 15.7. The van der Waals surface area contributed by atoms with Crippen molar-refractivity contribution in [2.24, 2.45) is 5.92 Å². The highest BCUT2D eigenvalue weighted by Gasteiger charge is 2.26. The standard InChI is InChI=1S/C17H19ClN2OS/c1-20(16(21)13-5-3-2-4-6-13)17-19-15(11-22-17)12-7-9-14(18)10-8-12/h7-11,13H,2-6H2,1H3. The quantitative estimate of drug-likeness (QED) is 0.790. The first-order valence-electron chi connectivity index (χ1n) is 7.64. The van der Waals surface area contributed by atoms with Crippen molar-refractivity contribution < 1.29 is 4.79 Å². The lowest BCUT2D eigenvalue weighted by atomic mass is 9.88. The van der Waals surface area contributed by atoms with E-state index in [1.807, 2.05) is 36.7 Å². The molecule has 3 nitrogen and oxygen atoms in total. The summed E-state index contributed by atoms with van der Waals surface area (Å²) in [6, 6.07) is 7.61. The van der Waals surface area contributed by atoms with Crippen molar-refractivity contribution in [3.05, 3.63) is 34.7 Å². The van der Waals surface area contributed by atoms with Gasteiger partial charge in [-0.3, -0.25) is 9.69 Å². The molecular formula is C17H19ClN2OS. The molecule has 1 amide bonds. The Morgan fingerprint density at radius 2 is 1.91 bits per heavy atom. The second kappa shape index (κ2) is 6.80. The molecule has 0 saturated heterocycles. The van der Waals surface area contributed by atoms with E-state index in [-0.39, 0.29) is 11.8 Å². The predicted molar refractivity (Wildman–Crippen MR) is 92.5 cm³/mol. The monoisotopic (exact) mass is 334 g/mol. The maximum atomic E-state index is 12.6. The number of aromatic nitrogens is 1. The minimum Gasteiger partial charge on any atom is -0.291 e. The average molecular weight is 335 g/mol. The van der Waals surface area contributed by atoms with Crippen LogP contribution < -0.4 is 4.90 Å². The number of rotatable bonds is 3. The molecule has 0 aliphatic heterocycles. The first-order valence-corrected chi connectivity index (χ1v) is 8.90. The largest absolute Gasteiger partial charge is 0.291 e. The number of amides is 1. The molecule has 116 valence electrons. The smallest absolute Gasteiger partial charge is 0.231 e. The number of hydrogen-bond donors (Lipinski definition) is 0. The summed E-state index contributed by atoms with van der Waals surface area (Å²) in [5.74, 6) is 0.373.